The summed E-state index contributed by atoms with van der Waals surface area (Å²) in [6.45, 7) is 1.99. The van der Waals surface area contributed by atoms with Gasteiger partial charge >= 0.3 is 0 Å². The average molecular weight is 257 g/mol. The summed E-state index contributed by atoms with van der Waals surface area (Å²) in [5, 5.41) is 9.44. The molecule has 1 aliphatic rings. The summed E-state index contributed by atoms with van der Waals surface area (Å²) in [4.78, 5) is 2.18. The minimum Gasteiger partial charge on any atom is -0.392 e. The minimum atomic E-state index is -0.312. The molecule has 2 aromatic rings. The molecule has 19 heavy (non-hydrogen) atoms. The standard InChI is InChI=1S/C16H16FNO/c1-11-8-12-4-2-3-5-15(12)18(11)16-7-6-14(17)9-13(16)10-19/h2-7,9,11,19H,8,10H2,1H3. The number of hydrogen-bond donors (Lipinski definition) is 1. The lowest BCUT2D eigenvalue weighted by molar-refractivity contribution is 0.281. The van der Waals surface area contributed by atoms with Gasteiger partial charge in [-0.1, -0.05) is 18.2 Å². The number of benzene rings is 2. The van der Waals surface area contributed by atoms with Crippen molar-refractivity contribution in [3.63, 3.8) is 0 Å². The number of hydrogen-bond acceptors (Lipinski definition) is 2. The highest BCUT2D eigenvalue weighted by Crippen LogP contribution is 2.39. The first-order chi connectivity index (χ1) is 9.20. The number of aliphatic hydroxyl groups is 1. The fourth-order valence-corrected chi connectivity index (χ4v) is 2.85. The number of fused-ring (bicyclic) bond motifs is 1. The van der Waals surface area contributed by atoms with E-state index in [1.807, 2.05) is 12.1 Å². The molecule has 0 amide bonds. The van der Waals surface area contributed by atoms with Crippen LogP contribution in [0.15, 0.2) is 42.5 Å². The van der Waals surface area contributed by atoms with E-state index in [0.717, 1.165) is 17.8 Å². The van der Waals surface area contributed by atoms with Gasteiger partial charge in [0.05, 0.1) is 6.61 Å². The van der Waals surface area contributed by atoms with Crippen molar-refractivity contribution >= 4 is 11.4 Å². The van der Waals surface area contributed by atoms with E-state index in [-0.39, 0.29) is 12.4 Å². The number of aliphatic hydroxyl groups excluding tert-OH is 1. The molecule has 0 radical (unpaired) electrons. The van der Waals surface area contributed by atoms with E-state index in [9.17, 15) is 9.50 Å². The Bertz CT molecular complexity index is 611. The fourth-order valence-electron chi connectivity index (χ4n) is 2.85. The van der Waals surface area contributed by atoms with Gasteiger partial charge in [0.2, 0.25) is 0 Å². The molecule has 2 nitrogen and oxygen atoms in total. The molecule has 0 fully saturated rings. The normalized spacial score (nSPS) is 17.6. The van der Waals surface area contributed by atoms with E-state index in [2.05, 4.69) is 24.0 Å². The quantitative estimate of drug-likeness (QED) is 0.891. The lowest BCUT2D eigenvalue weighted by atomic mass is 10.1. The van der Waals surface area contributed by atoms with Gasteiger partial charge in [0.25, 0.3) is 0 Å². The topological polar surface area (TPSA) is 23.5 Å². The summed E-state index contributed by atoms with van der Waals surface area (Å²) in [6, 6.07) is 13.1. The molecule has 98 valence electrons. The predicted octanol–water partition coefficient (Wildman–Crippen LogP) is 3.40. The molecular weight excluding hydrogens is 241 g/mol. The maximum Gasteiger partial charge on any atom is 0.123 e. The summed E-state index contributed by atoms with van der Waals surface area (Å²) in [6.07, 6.45) is 0.971. The van der Waals surface area contributed by atoms with E-state index in [1.54, 1.807) is 6.07 Å². The third-order valence-electron chi connectivity index (χ3n) is 3.68. The van der Waals surface area contributed by atoms with Crippen molar-refractivity contribution in [2.75, 3.05) is 4.90 Å². The zero-order valence-corrected chi connectivity index (χ0v) is 10.8. The molecule has 0 bridgehead atoms. The van der Waals surface area contributed by atoms with Crippen LogP contribution in [0, 0.1) is 5.82 Å². The molecular formula is C16H16FNO. The van der Waals surface area contributed by atoms with E-state index >= 15 is 0 Å². The number of halogens is 1. The van der Waals surface area contributed by atoms with E-state index in [4.69, 9.17) is 0 Å². The summed E-state index contributed by atoms with van der Waals surface area (Å²) in [5.41, 5.74) is 3.96. The van der Waals surface area contributed by atoms with Crippen LogP contribution in [-0.4, -0.2) is 11.1 Å². The van der Waals surface area contributed by atoms with Crippen molar-refractivity contribution in [2.45, 2.75) is 26.0 Å². The molecule has 3 heteroatoms. The second-order valence-corrected chi connectivity index (χ2v) is 4.98. The van der Waals surface area contributed by atoms with Gasteiger partial charge in [-0.2, -0.15) is 0 Å². The zero-order chi connectivity index (χ0) is 13.4. The molecule has 0 aromatic heterocycles. The van der Waals surface area contributed by atoms with Crippen LogP contribution < -0.4 is 4.90 Å². The second-order valence-electron chi connectivity index (χ2n) is 4.98. The van der Waals surface area contributed by atoms with Crippen molar-refractivity contribution in [2.24, 2.45) is 0 Å². The monoisotopic (exact) mass is 257 g/mol. The van der Waals surface area contributed by atoms with Crippen LogP contribution in [0.4, 0.5) is 15.8 Å². The Labute approximate surface area is 112 Å². The van der Waals surface area contributed by atoms with Gasteiger partial charge in [-0.15, -0.1) is 0 Å². The molecule has 1 heterocycles. The summed E-state index contributed by atoms with van der Waals surface area (Å²) in [5.74, 6) is -0.312. The maximum absolute atomic E-state index is 13.3. The Morgan fingerprint density at radius 1 is 1.21 bits per heavy atom. The Kier molecular flexibility index (Phi) is 2.99. The largest absolute Gasteiger partial charge is 0.392 e. The molecule has 2 aromatic carbocycles. The van der Waals surface area contributed by atoms with Crippen LogP contribution >= 0.6 is 0 Å². The lowest BCUT2D eigenvalue weighted by Crippen LogP contribution is -2.25. The first kappa shape index (κ1) is 12.2. The summed E-state index contributed by atoms with van der Waals surface area (Å²) in [7, 11) is 0. The Hall–Kier alpha value is -1.87. The van der Waals surface area contributed by atoms with Crippen molar-refractivity contribution in [3.05, 3.63) is 59.4 Å². The molecule has 1 aliphatic heterocycles. The molecule has 0 spiro atoms. The third kappa shape index (κ3) is 2.00. The Morgan fingerprint density at radius 3 is 2.79 bits per heavy atom. The predicted molar refractivity (Wildman–Crippen MR) is 74.1 cm³/mol. The van der Waals surface area contributed by atoms with Crippen molar-refractivity contribution in [1.29, 1.82) is 0 Å². The third-order valence-corrected chi connectivity index (χ3v) is 3.68. The van der Waals surface area contributed by atoms with Crippen LogP contribution in [0.2, 0.25) is 0 Å². The number of nitrogens with zero attached hydrogens (tertiary/aromatic N) is 1. The molecule has 0 saturated heterocycles. The first-order valence-electron chi connectivity index (χ1n) is 6.47. The Morgan fingerprint density at radius 2 is 2.00 bits per heavy atom. The first-order valence-corrected chi connectivity index (χ1v) is 6.47. The maximum atomic E-state index is 13.3. The highest BCUT2D eigenvalue weighted by molar-refractivity contribution is 5.73. The lowest BCUT2D eigenvalue weighted by Gasteiger charge is -2.27. The van der Waals surface area contributed by atoms with Gasteiger partial charge in [-0.05, 0) is 43.2 Å². The average Bonchev–Trinajstić information content (AvgIpc) is 2.74. The van der Waals surface area contributed by atoms with Gasteiger partial charge in [-0.3, -0.25) is 0 Å². The molecule has 0 aliphatic carbocycles. The summed E-state index contributed by atoms with van der Waals surface area (Å²) >= 11 is 0. The van der Waals surface area contributed by atoms with Gasteiger partial charge in [0.15, 0.2) is 0 Å². The fraction of sp³-hybridized carbons (Fsp3) is 0.250. The Balaban J connectivity index is 2.12. The van der Waals surface area contributed by atoms with Crippen LogP contribution in [0.25, 0.3) is 0 Å². The number of para-hydroxylation sites is 1. The van der Waals surface area contributed by atoms with Gasteiger partial charge in [0.1, 0.15) is 5.82 Å². The minimum absolute atomic E-state index is 0.154. The van der Waals surface area contributed by atoms with E-state index in [0.29, 0.717) is 11.6 Å². The van der Waals surface area contributed by atoms with E-state index < -0.39 is 0 Å². The molecule has 0 saturated carbocycles. The van der Waals surface area contributed by atoms with Gasteiger partial charge < -0.3 is 10.0 Å². The molecule has 1 N–H and O–H groups in total. The van der Waals surface area contributed by atoms with Crippen LogP contribution in [0.1, 0.15) is 18.1 Å². The van der Waals surface area contributed by atoms with Crippen molar-refractivity contribution in [3.8, 4) is 0 Å². The van der Waals surface area contributed by atoms with E-state index in [1.165, 1.54) is 17.7 Å². The molecule has 1 atom stereocenters. The second kappa shape index (κ2) is 4.67. The van der Waals surface area contributed by atoms with Crippen LogP contribution in [0.5, 0.6) is 0 Å². The van der Waals surface area contributed by atoms with Gasteiger partial charge in [-0.25, -0.2) is 4.39 Å². The smallest absolute Gasteiger partial charge is 0.123 e. The SMILES string of the molecule is CC1Cc2ccccc2N1c1ccc(F)cc1CO. The van der Waals surface area contributed by atoms with Crippen molar-refractivity contribution < 1.29 is 9.50 Å². The summed E-state index contributed by atoms with van der Waals surface area (Å²) < 4.78 is 13.3. The van der Waals surface area contributed by atoms with Gasteiger partial charge in [0, 0.05) is 23.0 Å². The number of rotatable bonds is 2. The molecule has 3 rings (SSSR count). The van der Waals surface area contributed by atoms with Crippen molar-refractivity contribution in [1.82, 2.24) is 0 Å². The zero-order valence-electron chi connectivity index (χ0n) is 10.8. The highest BCUT2D eigenvalue weighted by atomic mass is 19.1. The van der Waals surface area contributed by atoms with Crippen LogP contribution in [-0.2, 0) is 13.0 Å². The molecule has 1 unspecified atom stereocenters. The number of anilines is 2. The van der Waals surface area contributed by atoms with Crippen LogP contribution in [0.3, 0.4) is 0 Å². The highest BCUT2D eigenvalue weighted by Gasteiger charge is 2.28.